The van der Waals surface area contributed by atoms with Crippen LogP contribution in [0.3, 0.4) is 0 Å². The molecule has 0 saturated carbocycles. The molecule has 2 nitrogen and oxygen atoms in total. The number of rotatable bonds is 0. The van der Waals surface area contributed by atoms with Gasteiger partial charge in [-0.25, -0.2) is 4.98 Å². The van der Waals surface area contributed by atoms with Crippen molar-refractivity contribution in [3.8, 4) is 0 Å². The number of fused-ring (bicyclic) bond motifs is 1. The van der Waals surface area contributed by atoms with Gasteiger partial charge >= 0.3 is 0 Å². The maximum Gasteiger partial charge on any atom is 0.0798 e. The van der Waals surface area contributed by atoms with Gasteiger partial charge in [-0.1, -0.05) is 0 Å². The molecule has 1 N–H and O–H groups in total. The summed E-state index contributed by atoms with van der Waals surface area (Å²) in [5.41, 5.74) is 3.26. The molecule has 1 atom stereocenters. The molecular weight excluding hydrogens is 156 g/mol. The number of nitrogens with one attached hydrogen (secondary N) is 1. The van der Waals surface area contributed by atoms with Gasteiger partial charge in [-0.3, -0.25) is 0 Å². The first-order valence-electron chi connectivity index (χ1n) is 4.01. The fourth-order valence-corrected chi connectivity index (χ4v) is 2.13. The van der Waals surface area contributed by atoms with Crippen LogP contribution in [0.15, 0.2) is 5.51 Å². The molecule has 0 amide bonds. The zero-order chi connectivity index (χ0) is 7.68. The molecule has 0 fully saturated rings. The minimum atomic E-state index is 0.649. The molecule has 0 bridgehead atoms. The average molecular weight is 168 g/mol. The van der Waals surface area contributed by atoms with Crippen LogP contribution in [0.25, 0.3) is 0 Å². The first-order valence-corrected chi connectivity index (χ1v) is 4.89. The van der Waals surface area contributed by atoms with E-state index in [0.29, 0.717) is 6.04 Å². The number of hydrogen-bond donors (Lipinski definition) is 1. The predicted molar refractivity (Wildman–Crippen MR) is 46.7 cm³/mol. The lowest BCUT2D eigenvalue weighted by molar-refractivity contribution is 0.534. The molecule has 3 heteroatoms. The molecule has 1 aromatic heterocycles. The summed E-state index contributed by atoms with van der Waals surface area (Å²) in [6, 6.07) is 0.649. The monoisotopic (exact) mass is 168 g/mol. The Morgan fingerprint density at radius 3 is 3.55 bits per heavy atom. The van der Waals surface area contributed by atoms with Gasteiger partial charge in [0.05, 0.1) is 11.2 Å². The first kappa shape index (κ1) is 7.25. The second-order valence-electron chi connectivity index (χ2n) is 3.04. The van der Waals surface area contributed by atoms with Crippen LogP contribution in [-0.4, -0.2) is 11.0 Å². The van der Waals surface area contributed by atoms with E-state index in [-0.39, 0.29) is 0 Å². The van der Waals surface area contributed by atoms with Crippen LogP contribution in [0.2, 0.25) is 0 Å². The van der Waals surface area contributed by atoms with Crippen molar-refractivity contribution in [2.45, 2.75) is 32.4 Å². The molecule has 0 saturated heterocycles. The van der Waals surface area contributed by atoms with Gasteiger partial charge in [0.25, 0.3) is 0 Å². The van der Waals surface area contributed by atoms with Crippen molar-refractivity contribution in [1.82, 2.24) is 10.3 Å². The Balaban J connectivity index is 2.20. The molecule has 2 heterocycles. The fraction of sp³-hybridized carbons (Fsp3) is 0.625. The zero-order valence-electron chi connectivity index (χ0n) is 6.63. The molecule has 60 valence electrons. The molecule has 1 aliphatic heterocycles. The predicted octanol–water partition coefficient (Wildman–Crippen LogP) is 1.57. The van der Waals surface area contributed by atoms with Crippen LogP contribution in [-0.2, 0) is 13.0 Å². The second-order valence-corrected chi connectivity index (χ2v) is 3.98. The Labute approximate surface area is 70.7 Å². The van der Waals surface area contributed by atoms with E-state index in [4.69, 9.17) is 0 Å². The standard InChI is InChI=1S/C8H12N2S/c1-6-2-3-7-8(4-9-6)11-5-10-7/h5-6,9H,2-4H2,1H3. The highest BCUT2D eigenvalue weighted by molar-refractivity contribution is 7.09. The van der Waals surface area contributed by atoms with Crippen molar-refractivity contribution in [3.63, 3.8) is 0 Å². The van der Waals surface area contributed by atoms with Gasteiger partial charge in [-0.2, -0.15) is 0 Å². The molecule has 11 heavy (non-hydrogen) atoms. The van der Waals surface area contributed by atoms with Crippen LogP contribution in [0.5, 0.6) is 0 Å². The zero-order valence-corrected chi connectivity index (χ0v) is 7.45. The Hall–Kier alpha value is -0.410. The van der Waals surface area contributed by atoms with Crippen LogP contribution >= 0.6 is 11.3 Å². The lowest BCUT2D eigenvalue weighted by atomic mass is 10.2. The summed E-state index contributed by atoms with van der Waals surface area (Å²) in [5.74, 6) is 0. The maximum atomic E-state index is 4.33. The summed E-state index contributed by atoms with van der Waals surface area (Å²) in [4.78, 5) is 5.76. The van der Waals surface area contributed by atoms with Crippen molar-refractivity contribution >= 4 is 11.3 Å². The summed E-state index contributed by atoms with van der Waals surface area (Å²) in [5, 5.41) is 3.46. The first-order chi connectivity index (χ1) is 5.36. The Morgan fingerprint density at radius 2 is 2.64 bits per heavy atom. The number of hydrogen-bond acceptors (Lipinski definition) is 3. The molecule has 0 radical (unpaired) electrons. The highest BCUT2D eigenvalue weighted by Gasteiger charge is 2.13. The van der Waals surface area contributed by atoms with Gasteiger partial charge < -0.3 is 5.32 Å². The lowest BCUT2D eigenvalue weighted by Gasteiger charge is -2.06. The minimum Gasteiger partial charge on any atom is -0.309 e. The molecule has 0 aliphatic carbocycles. The quantitative estimate of drug-likeness (QED) is 0.636. The summed E-state index contributed by atoms with van der Waals surface area (Å²) in [7, 11) is 0. The third kappa shape index (κ3) is 1.44. The van der Waals surface area contributed by atoms with E-state index in [1.54, 1.807) is 11.3 Å². The SMILES string of the molecule is CC1CCc2ncsc2CN1. The largest absolute Gasteiger partial charge is 0.309 e. The lowest BCUT2D eigenvalue weighted by Crippen LogP contribution is -2.23. The van der Waals surface area contributed by atoms with Gasteiger partial charge in [0.15, 0.2) is 0 Å². The van der Waals surface area contributed by atoms with Gasteiger partial charge in [-0.05, 0) is 19.8 Å². The molecule has 1 aromatic rings. The summed E-state index contributed by atoms with van der Waals surface area (Å²) >= 11 is 1.77. The summed E-state index contributed by atoms with van der Waals surface area (Å²) < 4.78 is 0. The smallest absolute Gasteiger partial charge is 0.0798 e. The number of thiazole rings is 1. The van der Waals surface area contributed by atoms with E-state index in [2.05, 4.69) is 17.2 Å². The Bertz CT molecular complexity index is 221. The fourth-order valence-electron chi connectivity index (χ4n) is 1.36. The van der Waals surface area contributed by atoms with Crippen LogP contribution in [0, 0.1) is 0 Å². The summed E-state index contributed by atoms with van der Waals surface area (Å²) in [6.45, 7) is 3.25. The number of aryl methyl sites for hydroxylation is 1. The van der Waals surface area contributed by atoms with Crippen molar-refractivity contribution < 1.29 is 0 Å². The number of aromatic nitrogens is 1. The van der Waals surface area contributed by atoms with Gasteiger partial charge in [-0.15, -0.1) is 11.3 Å². The average Bonchev–Trinajstić information content (AvgIpc) is 2.38. The van der Waals surface area contributed by atoms with Crippen LogP contribution in [0.4, 0.5) is 0 Å². The van der Waals surface area contributed by atoms with Gasteiger partial charge in [0, 0.05) is 17.5 Å². The molecule has 2 rings (SSSR count). The van der Waals surface area contributed by atoms with Crippen molar-refractivity contribution in [2.75, 3.05) is 0 Å². The Kier molecular flexibility index (Phi) is 1.92. The third-order valence-electron chi connectivity index (χ3n) is 2.15. The van der Waals surface area contributed by atoms with E-state index in [0.717, 1.165) is 13.0 Å². The molecule has 0 spiro atoms. The van der Waals surface area contributed by atoms with Crippen molar-refractivity contribution in [3.05, 3.63) is 16.1 Å². The van der Waals surface area contributed by atoms with Crippen molar-refractivity contribution in [1.29, 1.82) is 0 Å². The van der Waals surface area contributed by atoms with E-state index in [9.17, 15) is 0 Å². The van der Waals surface area contributed by atoms with E-state index in [1.165, 1.54) is 17.0 Å². The van der Waals surface area contributed by atoms with Gasteiger partial charge in [0.2, 0.25) is 0 Å². The topological polar surface area (TPSA) is 24.9 Å². The molecular formula is C8H12N2S. The van der Waals surface area contributed by atoms with E-state index in [1.807, 2.05) is 5.51 Å². The normalized spacial score (nSPS) is 24.3. The highest BCUT2D eigenvalue weighted by Crippen LogP contribution is 2.18. The molecule has 1 unspecified atom stereocenters. The Morgan fingerprint density at radius 1 is 1.73 bits per heavy atom. The second kappa shape index (κ2) is 2.91. The third-order valence-corrected chi connectivity index (χ3v) is 3.03. The molecule has 0 aromatic carbocycles. The van der Waals surface area contributed by atoms with E-state index >= 15 is 0 Å². The summed E-state index contributed by atoms with van der Waals surface area (Å²) in [6.07, 6.45) is 2.36. The van der Waals surface area contributed by atoms with Crippen LogP contribution < -0.4 is 5.32 Å². The molecule has 1 aliphatic rings. The van der Waals surface area contributed by atoms with Crippen LogP contribution in [0.1, 0.15) is 23.9 Å². The number of nitrogens with zero attached hydrogens (tertiary/aromatic N) is 1. The maximum absolute atomic E-state index is 4.33. The minimum absolute atomic E-state index is 0.649. The van der Waals surface area contributed by atoms with Gasteiger partial charge in [0.1, 0.15) is 0 Å². The highest BCUT2D eigenvalue weighted by atomic mass is 32.1. The van der Waals surface area contributed by atoms with E-state index < -0.39 is 0 Å². The van der Waals surface area contributed by atoms with Crippen molar-refractivity contribution in [2.24, 2.45) is 0 Å².